The molecule has 0 saturated carbocycles. The van der Waals surface area contributed by atoms with E-state index in [0.29, 0.717) is 18.4 Å². The average molecular weight is 324 g/mol. The van der Waals surface area contributed by atoms with Crippen LogP contribution in [0.3, 0.4) is 0 Å². The molecule has 1 amide bonds. The van der Waals surface area contributed by atoms with Crippen LogP contribution in [0.1, 0.15) is 25.8 Å². The van der Waals surface area contributed by atoms with Crippen LogP contribution in [0.4, 0.5) is 0 Å². The summed E-state index contributed by atoms with van der Waals surface area (Å²) in [5.74, 6) is 0.779. The first-order chi connectivity index (χ1) is 10.5. The van der Waals surface area contributed by atoms with Gasteiger partial charge in [0.05, 0.1) is 0 Å². The van der Waals surface area contributed by atoms with Gasteiger partial charge in [0.15, 0.2) is 0 Å². The summed E-state index contributed by atoms with van der Waals surface area (Å²) in [6.45, 7) is 9.04. The standard InChI is InChI=1S/C17H29N3OS/c1-14(2)10-20(11-15-5-8-22-13-15)17(21)9-16-12-18(3)6-7-19(16)4/h5,8,13-14,16H,6-7,9-12H2,1-4H3/t16-/m1/s1. The van der Waals surface area contributed by atoms with E-state index in [4.69, 9.17) is 0 Å². The summed E-state index contributed by atoms with van der Waals surface area (Å²) in [6, 6.07) is 2.45. The van der Waals surface area contributed by atoms with Gasteiger partial charge in [-0.2, -0.15) is 11.3 Å². The maximum atomic E-state index is 12.8. The van der Waals surface area contributed by atoms with Crippen LogP contribution in [0.25, 0.3) is 0 Å². The first-order valence-electron chi connectivity index (χ1n) is 8.13. The lowest BCUT2D eigenvalue weighted by molar-refractivity contribution is -0.134. The van der Waals surface area contributed by atoms with Crippen molar-refractivity contribution in [3.8, 4) is 0 Å². The van der Waals surface area contributed by atoms with Crippen molar-refractivity contribution in [1.82, 2.24) is 14.7 Å². The van der Waals surface area contributed by atoms with Crippen molar-refractivity contribution in [3.05, 3.63) is 22.4 Å². The number of carbonyl (C=O) groups is 1. The number of likely N-dealkylation sites (N-methyl/N-ethyl adjacent to an activating group) is 2. The third kappa shape index (κ3) is 5.07. The lowest BCUT2D eigenvalue weighted by Crippen LogP contribution is -2.51. The molecule has 1 aliphatic heterocycles. The van der Waals surface area contributed by atoms with Crippen LogP contribution in [0.15, 0.2) is 16.8 Å². The predicted molar refractivity (Wildman–Crippen MR) is 93.1 cm³/mol. The Balaban J connectivity index is 1.98. The number of carbonyl (C=O) groups excluding carboxylic acids is 1. The van der Waals surface area contributed by atoms with Crippen LogP contribution in [0, 0.1) is 5.92 Å². The van der Waals surface area contributed by atoms with E-state index in [1.807, 2.05) is 4.90 Å². The molecule has 4 nitrogen and oxygen atoms in total. The predicted octanol–water partition coefficient (Wildman–Crippen LogP) is 2.37. The molecule has 5 heteroatoms. The number of hydrogen-bond donors (Lipinski definition) is 0. The Hall–Kier alpha value is -0.910. The summed E-state index contributed by atoms with van der Waals surface area (Å²) in [7, 11) is 4.28. The number of piperazine rings is 1. The second-order valence-electron chi connectivity index (χ2n) is 6.90. The van der Waals surface area contributed by atoms with E-state index in [-0.39, 0.29) is 5.91 Å². The molecule has 1 aromatic heterocycles. The molecule has 0 aliphatic carbocycles. The van der Waals surface area contributed by atoms with Gasteiger partial charge in [-0.15, -0.1) is 0 Å². The minimum absolute atomic E-state index is 0.284. The Morgan fingerprint density at radius 3 is 2.82 bits per heavy atom. The highest BCUT2D eigenvalue weighted by atomic mass is 32.1. The summed E-state index contributed by atoms with van der Waals surface area (Å²) in [5.41, 5.74) is 1.24. The van der Waals surface area contributed by atoms with Crippen molar-refractivity contribution in [2.75, 3.05) is 40.3 Å². The van der Waals surface area contributed by atoms with Crippen molar-refractivity contribution in [2.45, 2.75) is 32.9 Å². The highest BCUT2D eigenvalue weighted by molar-refractivity contribution is 7.07. The average Bonchev–Trinajstić information content (AvgIpc) is 2.94. The van der Waals surface area contributed by atoms with E-state index in [9.17, 15) is 4.79 Å². The Labute approximate surface area is 138 Å². The zero-order valence-corrected chi connectivity index (χ0v) is 15.1. The number of amides is 1. The van der Waals surface area contributed by atoms with Gasteiger partial charge >= 0.3 is 0 Å². The molecule has 0 N–H and O–H groups in total. The maximum Gasteiger partial charge on any atom is 0.224 e. The van der Waals surface area contributed by atoms with Crippen LogP contribution in [-0.4, -0.2) is 66.9 Å². The van der Waals surface area contributed by atoms with Crippen LogP contribution in [0.2, 0.25) is 0 Å². The zero-order chi connectivity index (χ0) is 16.1. The lowest BCUT2D eigenvalue weighted by atomic mass is 10.1. The van der Waals surface area contributed by atoms with Gasteiger partial charge < -0.3 is 14.7 Å². The highest BCUT2D eigenvalue weighted by Crippen LogP contribution is 2.16. The largest absolute Gasteiger partial charge is 0.338 e. The van der Waals surface area contributed by atoms with E-state index in [0.717, 1.165) is 32.7 Å². The number of rotatable bonds is 6. The van der Waals surface area contributed by atoms with Crippen molar-refractivity contribution in [2.24, 2.45) is 5.92 Å². The third-order valence-corrected chi connectivity index (χ3v) is 5.01. The summed E-state index contributed by atoms with van der Waals surface area (Å²) in [5, 5.41) is 4.22. The molecule has 0 aromatic carbocycles. The smallest absolute Gasteiger partial charge is 0.224 e. The molecule has 0 bridgehead atoms. The molecule has 0 unspecified atom stereocenters. The van der Waals surface area contributed by atoms with Gasteiger partial charge in [-0.25, -0.2) is 0 Å². The molecule has 0 spiro atoms. The van der Waals surface area contributed by atoms with Crippen LogP contribution in [-0.2, 0) is 11.3 Å². The normalized spacial score (nSPS) is 20.5. The van der Waals surface area contributed by atoms with E-state index >= 15 is 0 Å². The van der Waals surface area contributed by atoms with Gasteiger partial charge in [0.2, 0.25) is 5.91 Å². The Bertz CT molecular complexity index is 460. The molecule has 1 aliphatic rings. The lowest BCUT2D eigenvalue weighted by Gasteiger charge is -2.38. The Morgan fingerprint density at radius 2 is 2.18 bits per heavy atom. The third-order valence-electron chi connectivity index (χ3n) is 4.28. The number of nitrogens with zero attached hydrogens (tertiary/aromatic N) is 3. The topological polar surface area (TPSA) is 26.8 Å². The fraction of sp³-hybridized carbons (Fsp3) is 0.706. The molecule has 1 fully saturated rings. The van der Waals surface area contributed by atoms with E-state index in [1.165, 1.54) is 5.56 Å². The molecule has 22 heavy (non-hydrogen) atoms. The molecule has 1 atom stereocenters. The van der Waals surface area contributed by atoms with Gasteiger partial charge in [0.25, 0.3) is 0 Å². The molecule has 1 aromatic rings. The van der Waals surface area contributed by atoms with E-state index < -0.39 is 0 Å². The summed E-state index contributed by atoms with van der Waals surface area (Å²) in [6.07, 6.45) is 0.623. The number of hydrogen-bond acceptors (Lipinski definition) is 4. The zero-order valence-electron chi connectivity index (χ0n) is 14.3. The SMILES string of the molecule is CC(C)CN(Cc1ccsc1)C(=O)C[C@@H]1CN(C)CCN1C. The van der Waals surface area contributed by atoms with Crippen LogP contribution < -0.4 is 0 Å². The molecular formula is C17H29N3OS. The number of thiophene rings is 1. The summed E-state index contributed by atoms with van der Waals surface area (Å²) < 4.78 is 0. The van der Waals surface area contributed by atoms with E-state index in [1.54, 1.807) is 11.3 Å². The minimum atomic E-state index is 0.284. The van der Waals surface area contributed by atoms with Crippen molar-refractivity contribution in [1.29, 1.82) is 0 Å². The summed E-state index contributed by atoms with van der Waals surface area (Å²) in [4.78, 5) is 19.5. The van der Waals surface area contributed by atoms with Crippen molar-refractivity contribution >= 4 is 17.2 Å². The molecule has 2 rings (SSSR count). The van der Waals surface area contributed by atoms with Gasteiger partial charge in [-0.05, 0) is 42.4 Å². The molecule has 2 heterocycles. The van der Waals surface area contributed by atoms with Gasteiger partial charge in [0, 0.05) is 45.2 Å². The first kappa shape index (κ1) is 17.4. The monoisotopic (exact) mass is 323 g/mol. The van der Waals surface area contributed by atoms with Gasteiger partial charge in [-0.3, -0.25) is 4.79 Å². The fourth-order valence-electron chi connectivity index (χ4n) is 2.95. The second-order valence-corrected chi connectivity index (χ2v) is 7.68. The second kappa shape index (κ2) is 8.09. The van der Waals surface area contributed by atoms with Crippen molar-refractivity contribution in [3.63, 3.8) is 0 Å². The van der Waals surface area contributed by atoms with Crippen molar-refractivity contribution < 1.29 is 4.79 Å². The van der Waals surface area contributed by atoms with Crippen LogP contribution >= 0.6 is 11.3 Å². The van der Waals surface area contributed by atoms with Crippen LogP contribution in [0.5, 0.6) is 0 Å². The van der Waals surface area contributed by atoms with Gasteiger partial charge in [-0.1, -0.05) is 13.8 Å². The Morgan fingerprint density at radius 1 is 1.41 bits per heavy atom. The molecule has 0 radical (unpaired) electrons. The molecule has 1 saturated heterocycles. The minimum Gasteiger partial charge on any atom is -0.338 e. The Kier molecular flexibility index (Phi) is 6.41. The quantitative estimate of drug-likeness (QED) is 0.804. The fourth-order valence-corrected chi connectivity index (χ4v) is 3.61. The maximum absolute atomic E-state index is 12.8. The van der Waals surface area contributed by atoms with Gasteiger partial charge in [0.1, 0.15) is 0 Å². The first-order valence-corrected chi connectivity index (χ1v) is 9.07. The van der Waals surface area contributed by atoms with E-state index in [2.05, 4.69) is 54.6 Å². The highest BCUT2D eigenvalue weighted by Gasteiger charge is 2.27. The molecular weight excluding hydrogens is 294 g/mol. The summed E-state index contributed by atoms with van der Waals surface area (Å²) >= 11 is 1.70. The molecule has 124 valence electrons.